The van der Waals surface area contributed by atoms with E-state index < -0.39 is 16.1 Å². The zero-order valence-electron chi connectivity index (χ0n) is 12.7. The number of amides is 1. The highest BCUT2D eigenvalue weighted by Crippen LogP contribution is 2.29. The average Bonchev–Trinajstić information content (AvgIpc) is 3.21. The largest absolute Gasteiger partial charge is 0.325 e. The molecule has 1 atom stereocenters. The zero-order valence-corrected chi connectivity index (χ0v) is 14.4. The first-order valence-electron chi connectivity index (χ1n) is 7.41. The number of hydrogen-bond acceptors (Lipinski definition) is 4. The summed E-state index contributed by atoms with van der Waals surface area (Å²) in [6.07, 6.45) is 1.24. The third-order valence-corrected chi connectivity index (χ3v) is 7.16. The van der Waals surface area contributed by atoms with Crippen molar-refractivity contribution in [1.29, 1.82) is 0 Å². The molecule has 1 amide bonds. The van der Waals surface area contributed by atoms with Crippen molar-refractivity contribution in [2.75, 3.05) is 11.9 Å². The van der Waals surface area contributed by atoms with Crippen LogP contribution in [0.2, 0.25) is 0 Å². The van der Waals surface area contributed by atoms with E-state index in [4.69, 9.17) is 0 Å². The summed E-state index contributed by atoms with van der Waals surface area (Å²) in [6, 6.07) is 10.1. The van der Waals surface area contributed by atoms with Crippen molar-refractivity contribution in [3.63, 3.8) is 0 Å². The van der Waals surface area contributed by atoms with Gasteiger partial charge >= 0.3 is 0 Å². The van der Waals surface area contributed by atoms with Gasteiger partial charge in [-0.05, 0) is 43.3 Å². The Kier molecular flexibility index (Phi) is 4.52. The third-order valence-electron chi connectivity index (χ3n) is 3.88. The number of nitrogens with one attached hydrogen (secondary N) is 1. The van der Waals surface area contributed by atoms with E-state index in [0.717, 1.165) is 5.56 Å². The Morgan fingerprint density at radius 3 is 2.65 bits per heavy atom. The van der Waals surface area contributed by atoms with Crippen molar-refractivity contribution in [2.24, 2.45) is 0 Å². The monoisotopic (exact) mass is 350 g/mol. The Labute approximate surface area is 140 Å². The maximum absolute atomic E-state index is 12.7. The highest BCUT2D eigenvalue weighted by atomic mass is 32.2. The van der Waals surface area contributed by atoms with Crippen LogP contribution in [0.5, 0.6) is 0 Å². The van der Waals surface area contributed by atoms with Gasteiger partial charge in [0.2, 0.25) is 5.91 Å². The maximum atomic E-state index is 12.7. The molecule has 1 N–H and O–H groups in total. The predicted molar refractivity (Wildman–Crippen MR) is 91.0 cm³/mol. The molecule has 1 aromatic heterocycles. The van der Waals surface area contributed by atoms with Crippen LogP contribution in [0.1, 0.15) is 18.4 Å². The molecule has 5 nitrogen and oxygen atoms in total. The van der Waals surface area contributed by atoms with E-state index in [0.29, 0.717) is 25.1 Å². The van der Waals surface area contributed by atoms with Crippen LogP contribution in [0.25, 0.3) is 0 Å². The van der Waals surface area contributed by atoms with Gasteiger partial charge in [-0.3, -0.25) is 4.79 Å². The molecular weight excluding hydrogens is 332 g/mol. The van der Waals surface area contributed by atoms with Crippen molar-refractivity contribution in [1.82, 2.24) is 4.31 Å². The fourth-order valence-electron chi connectivity index (χ4n) is 2.68. The highest BCUT2D eigenvalue weighted by molar-refractivity contribution is 7.91. The first kappa shape index (κ1) is 16.2. The molecule has 0 aliphatic carbocycles. The van der Waals surface area contributed by atoms with E-state index in [1.54, 1.807) is 17.5 Å². The van der Waals surface area contributed by atoms with Gasteiger partial charge in [-0.25, -0.2) is 8.42 Å². The lowest BCUT2D eigenvalue weighted by atomic mass is 10.2. The standard InChI is InChI=1S/C16H18N2O3S2/c1-12-6-8-13(9-7-12)17-16(19)14-4-2-10-18(14)23(20,21)15-5-3-11-22-15/h3,5-9,11,14H,2,4,10H2,1H3,(H,17,19). The van der Waals surface area contributed by atoms with E-state index in [9.17, 15) is 13.2 Å². The molecule has 0 radical (unpaired) electrons. The van der Waals surface area contributed by atoms with Crippen molar-refractivity contribution in [3.8, 4) is 0 Å². The van der Waals surface area contributed by atoms with Crippen LogP contribution in [0, 0.1) is 6.92 Å². The van der Waals surface area contributed by atoms with Gasteiger partial charge in [0.05, 0.1) is 0 Å². The number of hydrogen-bond donors (Lipinski definition) is 1. The van der Waals surface area contributed by atoms with Gasteiger partial charge in [-0.2, -0.15) is 4.31 Å². The molecule has 2 aromatic rings. The molecule has 122 valence electrons. The molecule has 0 spiro atoms. The lowest BCUT2D eigenvalue weighted by molar-refractivity contribution is -0.119. The van der Waals surface area contributed by atoms with Gasteiger partial charge in [0.15, 0.2) is 0 Å². The summed E-state index contributed by atoms with van der Waals surface area (Å²) in [4.78, 5) is 12.5. The second-order valence-corrected chi connectivity index (χ2v) is 8.63. The minimum absolute atomic E-state index is 0.272. The maximum Gasteiger partial charge on any atom is 0.253 e. The van der Waals surface area contributed by atoms with Gasteiger partial charge in [0, 0.05) is 12.2 Å². The minimum atomic E-state index is -3.60. The highest BCUT2D eigenvalue weighted by Gasteiger charge is 2.39. The second-order valence-electron chi connectivity index (χ2n) is 5.56. The summed E-state index contributed by atoms with van der Waals surface area (Å²) in [5.74, 6) is -0.272. The van der Waals surface area contributed by atoms with E-state index in [1.165, 1.54) is 15.6 Å². The molecule has 1 aliphatic rings. The lowest BCUT2D eigenvalue weighted by Crippen LogP contribution is -2.42. The third kappa shape index (κ3) is 3.31. The molecule has 0 saturated carbocycles. The molecule has 1 aliphatic heterocycles. The second kappa shape index (κ2) is 6.43. The smallest absolute Gasteiger partial charge is 0.253 e. The summed E-state index contributed by atoms with van der Waals surface area (Å²) in [6.45, 7) is 2.35. The number of benzene rings is 1. The molecule has 1 fully saturated rings. The molecule has 23 heavy (non-hydrogen) atoms. The predicted octanol–water partition coefficient (Wildman–Crippen LogP) is 2.85. The topological polar surface area (TPSA) is 66.5 Å². The van der Waals surface area contributed by atoms with Crippen LogP contribution in [-0.2, 0) is 14.8 Å². The summed E-state index contributed by atoms with van der Waals surface area (Å²) < 4.78 is 26.9. The van der Waals surface area contributed by atoms with E-state index in [-0.39, 0.29) is 10.1 Å². The summed E-state index contributed by atoms with van der Waals surface area (Å²) in [5.41, 5.74) is 1.78. The molecular formula is C16H18N2O3S2. The van der Waals surface area contributed by atoms with Crippen molar-refractivity contribution < 1.29 is 13.2 Å². The van der Waals surface area contributed by atoms with E-state index >= 15 is 0 Å². The summed E-state index contributed by atoms with van der Waals surface area (Å²) in [7, 11) is -3.60. The molecule has 0 bridgehead atoms. The quantitative estimate of drug-likeness (QED) is 0.922. The molecule has 7 heteroatoms. The Hall–Kier alpha value is -1.70. The SMILES string of the molecule is Cc1ccc(NC(=O)C2CCCN2S(=O)(=O)c2cccs2)cc1. The number of nitrogens with zero attached hydrogens (tertiary/aromatic N) is 1. The minimum Gasteiger partial charge on any atom is -0.325 e. The van der Waals surface area contributed by atoms with Gasteiger partial charge in [-0.15, -0.1) is 11.3 Å². The summed E-state index contributed by atoms with van der Waals surface area (Å²) >= 11 is 1.17. The Bertz CT molecular complexity index is 783. The number of carbonyl (C=O) groups is 1. The van der Waals surface area contributed by atoms with Crippen LogP contribution in [0.4, 0.5) is 5.69 Å². The fraction of sp³-hybridized carbons (Fsp3) is 0.312. The Balaban J connectivity index is 1.79. The van der Waals surface area contributed by atoms with Crippen LogP contribution < -0.4 is 5.32 Å². The Morgan fingerprint density at radius 2 is 2.00 bits per heavy atom. The van der Waals surface area contributed by atoms with E-state index in [1.807, 2.05) is 31.2 Å². The normalized spacial score (nSPS) is 18.9. The molecule has 3 rings (SSSR count). The molecule has 1 saturated heterocycles. The van der Waals surface area contributed by atoms with Gasteiger partial charge in [0.1, 0.15) is 10.3 Å². The lowest BCUT2D eigenvalue weighted by Gasteiger charge is -2.22. The first-order chi connectivity index (χ1) is 11.0. The van der Waals surface area contributed by atoms with Gasteiger partial charge in [-0.1, -0.05) is 23.8 Å². The average molecular weight is 350 g/mol. The van der Waals surface area contributed by atoms with Crippen molar-refractivity contribution in [3.05, 3.63) is 47.3 Å². The summed E-state index contributed by atoms with van der Waals surface area (Å²) in [5, 5.41) is 4.54. The molecule has 1 unspecified atom stereocenters. The molecule has 1 aromatic carbocycles. The van der Waals surface area contributed by atoms with Gasteiger partial charge < -0.3 is 5.32 Å². The van der Waals surface area contributed by atoms with Crippen LogP contribution in [-0.4, -0.2) is 31.2 Å². The number of aryl methyl sites for hydroxylation is 1. The van der Waals surface area contributed by atoms with Crippen LogP contribution in [0.3, 0.4) is 0 Å². The number of rotatable bonds is 4. The Morgan fingerprint density at radius 1 is 1.26 bits per heavy atom. The van der Waals surface area contributed by atoms with Crippen LogP contribution in [0.15, 0.2) is 46.0 Å². The number of thiophene rings is 1. The van der Waals surface area contributed by atoms with Crippen molar-refractivity contribution in [2.45, 2.75) is 30.0 Å². The zero-order chi connectivity index (χ0) is 16.4. The van der Waals surface area contributed by atoms with E-state index in [2.05, 4.69) is 5.32 Å². The van der Waals surface area contributed by atoms with Gasteiger partial charge in [0.25, 0.3) is 10.0 Å². The first-order valence-corrected chi connectivity index (χ1v) is 9.73. The number of carbonyl (C=O) groups excluding carboxylic acids is 1. The number of anilines is 1. The van der Waals surface area contributed by atoms with Crippen molar-refractivity contribution >= 4 is 33.0 Å². The van der Waals surface area contributed by atoms with Crippen LogP contribution >= 0.6 is 11.3 Å². The fourth-order valence-corrected chi connectivity index (χ4v) is 5.45. The molecule has 2 heterocycles. The number of sulfonamides is 1.